The van der Waals surface area contributed by atoms with Gasteiger partial charge in [0.15, 0.2) is 0 Å². The van der Waals surface area contributed by atoms with Crippen LogP contribution < -0.4 is 9.41 Å². The van der Waals surface area contributed by atoms with E-state index in [0.29, 0.717) is 13.2 Å². The minimum absolute atomic E-state index is 0.331. The molecule has 0 unspecified atom stereocenters. The van der Waals surface area contributed by atoms with E-state index < -0.39 is 7.75 Å². The van der Waals surface area contributed by atoms with Gasteiger partial charge in [-0.05, 0) is 38.1 Å². The SMILES string of the molecule is CCOP(=O)(OCC)N(C)c1ccc(OC)cc1. The predicted molar refractivity (Wildman–Crippen MR) is 72.3 cm³/mol. The van der Waals surface area contributed by atoms with Gasteiger partial charge in [0, 0.05) is 12.7 Å². The van der Waals surface area contributed by atoms with E-state index in [9.17, 15) is 4.57 Å². The number of hydrogen-bond donors (Lipinski definition) is 0. The van der Waals surface area contributed by atoms with Gasteiger partial charge in [0.1, 0.15) is 5.75 Å². The van der Waals surface area contributed by atoms with Gasteiger partial charge in [-0.25, -0.2) is 4.57 Å². The molecular weight excluding hydrogens is 253 g/mol. The van der Waals surface area contributed by atoms with Crippen molar-refractivity contribution in [1.82, 2.24) is 0 Å². The van der Waals surface area contributed by atoms with E-state index in [-0.39, 0.29) is 0 Å². The minimum atomic E-state index is -3.26. The van der Waals surface area contributed by atoms with Crippen molar-refractivity contribution in [3.63, 3.8) is 0 Å². The van der Waals surface area contributed by atoms with Crippen molar-refractivity contribution in [3.8, 4) is 5.75 Å². The van der Waals surface area contributed by atoms with Crippen LogP contribution >= 0.6 is 7.75 Å². The van der Waals surface area contributed by atoms with E-state index >= 15 is 0 Å². The lowest BCUT2D eigenvalue weighted by Crippen LogP contribution is -2.17. The highest BCUT2D eigenvalue weighted by Gasteiger charge is 2.30. The van der Waals surface area contributed by atoms with E-state index in [4.69, 9.17) is 13.8 Å². The summed E-state index contributed by atoms with van der Waals surface area (Å²) in [5.74, 6) is 0.745. The normalized spacial score (nSPS) is 11.3. The Morgan fingerprint density at radius 2 is 1.61 bits per heavy atom. The quantitative estimate of drug-likeness (QED) is 0.713. The molecule has 0 aliphatic carbocycles. The van der Waals surface area contributed by atoms with Crippen LogP contribution in [0.4, 0.5) is 5.69 Å². The summed E-state index contributed by atoms with van der Waals surface area (Å²) < 4.78 is 29.7. The Labute approximate surface area is 108 Å². The molecule has 1 aromatic carbocycles. The number of nitrogens with zero attached hydrogens (tertiary/aromatic N) is 1. The molecule has 18 heavy (non-hydrogen) atoms. The van der Waals surface area contributed by atoms with Crippen LogP contribution in [0.1, 0.15) is 13.8 Å². The van der Waals surface area contributed by atoms with Gasteiger partial charge in [-0.1, -0.05) is 0 Å². The highest BCUT2D eigenvalue weighted by atomic mass is 31.2. The van der Waals surface area contributed by atoms with Gasteiger partial charge in [-0.2, -0.15) is 0 Å². The number of methoxy groups -OCH3 is 1. The topological polar surface area (TPSA) is 48.0 Å². The second-order valence-corrected chi connectivity index (χ2v) is 5.58. The van der Waals surface area contributed by atoms with Gasteiger partial charge < -0.3 is 4.74 Å². The molecule has 1 aromatic rings. The zero-order valence-corrected chi connectivity index (χ0v) is 12.1. The van der Waals surface area contributed by atoms with Crippen LogP contribution in [0.5, 0.6) is 5.75 Å². The van der Waals surface area contributed by atoms with Crippen molar-refractivity contribution in [2.24, 2.45) is 0 Å². The Kier molecular flexibility index (Phi) is 5.66. The average molecular weight is 273 g/mol. The second kappa shape index (κ2) is 6.78. The van der Waals surface area contributed by atoms with Gasteiger partial charge >= 0.3 is 7.75 Å². The van der Waals surface area contributed by atoms with Crippen molar-refractivity contribution in [3.05, 3.63) is 24.3 Å². The molecule has 102 valence electrons. The Hall–Kier alpha value is -1.03. The number of benzene rings is 1. The van der Waals surface area contributed by atoms with E-state index in [2.05, 4.69) is 0 Å². The molecule has 0 saturated heterocycles. The lowest BCUT2D eigenvalue weighted by molar-refractivity contribution is 0.219. The molecular formula is C12H20NO4P. The summed E-state index contributed by atoms with van der Waals surface area (Å²) in [7, 11) is 0.0263. The maximum absolute atomic E-state index is 12.5. The summed E-state index contributed by atoms with van der Waals surface area (Å²) in [6.07, 6.45) is 0. The van der Waals surface area contributed by atoms with Gasteiger partial charge in [-0.15, -0.1) is 0 Å². The van der Waals surface area contributed by atoms with Gasteiger partial charge in [-0.3, -0.25) is 13.7 Å². The van der Waals surface area contributed by atoms with Gasteiger partial charge in [0.25, 0.3) is 0 Å². The Morgan fingerprint density at radius 3 is 2.00 bits per heavy atom. The summed E-state index contributed by atoms with van der Waals surface area (Å²) in [6.45, 7) is 4.23. The molecule has 0 radical (unpaired) electrons. The van der Waals surface area contributed by atoms with Crippen molar-refractivity contribution < 1.29 is 18.3 Å². The third-order valence-corrected chi connectivity index (χ3v) is 4.53. The fraction of sp³-hybridized carbons (Fsp3) is 0.500. The summed E-state index contributed by atoms with van der Waals surface area (Å²) in [5, 5.41) is 0. The molecule has 0 N–H and O–H groups in total. The molecule has 0 spiro atoms. The fourth-order valence-electron chi connectivity index (χ4n) is 1.48. The maximum atomic E-state index is 12.5. The maximum Gasteiger partial charge on any atom is 0.435 e. The molecule has 0 saturated carbocycles. The molecule has 1 rings (SSSR count). The molecule has 6 heteroatoms. The van der Waals surface area contributed by atoms with Crippen LogP contribution in [0.25, 0.3) is 0 Å². The molecule has 0 amide bonds. The lowest BCUT2D eigenvalue weighted by atomic mass is 10.3. The zero-order chi connectivity index (χ0) is 13.6. The van der Waals surface area contributed by atoms with Crippen molar-refractivity contribution >= 4 is 13.4 Å². The number of hydrogen-bond acceptors (Lipinski definition) is 4. The predicted octanol–water partition coefficient (Wildman–Crippen LogP) is 3.31. The molecule has 0 atom stereocenters. The van der Waals surface area contributed by atoms with Crippen LogP contribution in [0.3, 0.4) is 0 Å². The van der Waals surface area contributed by atoms with Crippen LogP contribution in [-0.2, 0) is 13.6 Å². The molecule has 5 nitrogen and oxygen atoms in total. The summed E-state index contributed by atoms with van der Waals surface area (Å²) >= 11 is 0. The largest absolute Gasteiger partial charge is 0.497 e. The smallest absolute Gasteiger partial charge is 0.435 e. The number of ether oxygens (including phenoxy) is 1. The second-order valence-electron chi connectivity index (χ2n) is 3.53. The first kappa shape index (κ1) is 15.0. The minimum Gasteiger partial charge on any atom is -0.497 e. The molecule has 0 fully saturated rings. The van der Waals surface area contributed by atoms with E-state index in [1.807, 2.05) is 12.1 Å². The molecule has 0 aliphatic rings. The van der Waals surface area contributed by atoms with Crippen molar-refractivity contribution in [2.75, 3.05) is 32.0 Å². The Bertz CT molecular complexity index is 397. The van der Waals surface area contributed by atoms with Gasteiger partial charge in [0.2, 0.25) is 0 Å². The van der Waals surface area contributed by atoms with E-state index in [0.717, 1.165) is 11.4 Å². The first-order valence-electron chi connectivity index (χ1n) is 5.84. The summed E-state index contributed by atoms with van der Waals surface area (Å²) in [4.78, 5) is 0. The highest BCUT2D eigenvalue weighted by Crippen LogP contribution is 2.52. The van der Waals surface area contributed by atoms with Crippen molar-refractivity contribution in [1.29, 1.82) is 0 Å². The average Bonchev–Trinajstić information content (AvgIpc) is 2.38. The Morgan fingerprint density at radius 1 is 1.11 bits per heavy atom. The molecule has 0 aromatic heterocycles. The first-order chi connectivity index (χ1) is 8.57. The number of rotatable bonds is 7. The summed E-state index contributed by atoms with van der Waals surface area (Å²) in [6, 6.07) is 7.22. The monoisotopic (exact) mass is 273 g/mol. The fourth-order valence-corrected chi connectivity index (χ4v) is 2.97. The van der Waals surface area contributed by atoms with E-state index in [1.54, 1.807) is 40.1 Å². The van der Waals surface area contributed by atoms with Crippen LogP contribution in [-0.4, -0.2) is 27.4 Å². The number of anilines is 1. The van der Waals surface area contributed by atoms with Crippen molar-refractivity contribution in [2.45, 2.75) is 13.8 Å². The lowest BCUT2D eigenvalue weighted by Gasteiger charge is -2.27. The van der Waals surface area contributed by atoms with Gasteiger partial charge in [0.05, 0.1) is 20.3 Å². The summed E-state index contributed by atoms with van der Waals surface area (Å²) in [5.41, 5.74) is 0.751. The molecule has 0 bridgehead atoms. The first-order valence-corrected chi connectivity index (χ1v) is 7.34. The van der Waals surface area contributed by atoms with Crippen LogP contribution in [0.2, 0.25) is 0 Å². The molecule has 0 aliphatic heterocycles. The van der Waals surface area contributed by atoms with Crippen LogP contribution in [0, 0.1) is 0 Å². The third kappa shape index (κ3) is 3.48. The Balaban J connectivity index is 2.94. The standard InChI is InChI=1S/C12H20NO4P/c1-5-16-18(14,17-6-2)13(3)11-7-9-12(15-4)10-8-11/h7-10H,5-6H2,1-4H3. The zero-order valence-electron chi connectivity index (χ0n) is 11.3. The van der Waals surface area contributed by atoms with Crippen LogP contribution in [0.15, 0.2) is 24.3 Å². The molecule has 0 heterocycles. The van der Waals surface area contributed by atoms with E-state index in [1.165, 1.54) is 4.67 Å². The third-order valence-electron chi connectivity index (χ3n) is 2.40. The highest BCUT2D eigenvalue weighted by molar-refractivity contribution is 7.55.